The Hall–Kier alpha value is -2.63. The van der Waals surface area contributed by atoms with Gasteiger partial charge in [-0.15, -0.1) is 0 Å². The van der Waals surface area contributed by atoms with Crippen molar-refractivity contribution in [2.75, 3.05) is 0 Å². The Kier molecular flexibility index (Phi) is 3.40. The van der Waals surface area contributed by atoms with Gasteiger partial charge in [0, 0.05) is 5.56 Å². The summed E-state index contributed by atoms with van der Waals surface area (Å²) >= 11 is 0. The third kappa shape index (κ3) is 2.48. The summed E-state index contributed by atoms with van der Waals surface area (Å²) < 4.78 is 39.5. The zero-order chi connectivity index (χ0) is 16.7. The average Bonchev–Trinajstić information content (AvgIpc) is 2.57. The highest BCUT2D eigenvalue weighted by Crippen LogP contribution is 2.41. The molecule has 1 aliphatic carbocycles. The molecule has 0 spiro atoms. The Balaban J connectivity index is 1.96. The maximum atomic E-state index is 11.9. The van der Waals surface area contributed by atoms with Crippen LogP contribution in [0.15, 0.2) is 71.6 Å². The van der Waals surface area contributed by atoms with Crippen molar-refractivity contribution in [3.63, 3.8) is 0 Å². The van der Waals surface area contributed by atoms with Crippen molar-refractivity contribution in [1.82, 2.24) is 0 Å². The van der Waals surface area contributed by atoms with E-state index in [1.54, 1.807) is 12.1 Å². The fraction of sp³-hybridized carbons (Fsp3) is 0.0526. The molecule has 1 unspecified atom stereocenters. The quantitative estimate of drug-likeness (QED) is 0.727. The Morgan fingerprint density at radius 1 is 0.875 bits per heavy atom. The van der Waals surface area contributed by atoms with Crippen LogP contribution in [-0.2, 0) is 10.1 Å². The van der Waals surface area contributed by atoms with E-state index in [2.05, 4.69) is 0 Å². The van der Waals surface area contributed by atoms with Crippen LogP contribution in [0.2, 0.25) is 0 Å². The summed E-state index contributed by atoms with van der Waals surface area (Å²) in [5, 5.41) is 1.94. The SMILES string of the molecule is O=S(=O)(O)C1=Cc2cccc3cccc(c23)C1Oc1ccccc1. The first-order valence-electron chi connectivity index (χ1n) is 7.46. The van der Waals surface area contributed by atoms with Crippen LogP contribution in [0.25, 0.3) is 16.8 Å². The van der Waals surface area contributed by atoms with Crippen LogP contribution in [0.3, 0.4) is 0 Å². The third-order valence-corrected chi connectivity index (χ3v) is 5.03. The monoisotopic (exact) mass is 338 g/mol. The summed E-state index contributed by atoms with van der Waals surface area (Å²) in [6, 6.07) is 20.3. The number of hydrogen-bond acceptors (Lipinski definition) is 3. The maximum absolute atomic E-state index is 11.9. The van der Waals surface area contributed by atoms with E-state index >= 15 is 0 Å². The van der Waals surface area contributed by atoms with Gasteiger partial charge in [0.2, 0.25) is 0 Å². The summed E-state index contributed by atoms with van der Waals surface area (Å²) in [6.45, 7) is 0. The summed E-state index contributed by atoms with van der Waals surface area (Å²) in [5.41, 5.74) is 1.48. The van der Waals surface area contributed by atoms with E-state index in [0.29, 0.717) is 5.75 Å². The molecule has 0 heterocycles. The van der Waals surface area contributed by atoms with Gasteiger partial charge in [-0.05, 0) is 34.5 Å². The van der Waals surface area contributed by atoms with Gasteiger partial charge in [-0.2, -0.15) is 8.42 Å². The van der Waals surface area contributed by atoms with E-state index in [4.69, 9.17) is 4.74 Å². The van der Waals surface area contributed by atoms with Gasteiger partial charge in [-0.3, -0.25) is 4.55 Å². The Labute approximate surface area is 139 Å². The molecule has 0 aromatic heterocycles. The van der Waals surface area contributed by atoms with Gasteiger partial charge >= 0.3 is 0 Å². The molecule has 5 heteroatoms. The molecular formula is C19H14O4S. The summed E-state index contributed by atoms with van der Waals surface area (Å²) in [5.74, 6) is 0.536. The second-order valence-electron chi connectivity index (χ2n) is 5.63. The van der Waals surface area contributed by atoms with E-state index in [1.165, 1.54) is 6.08 Å². The highest BCUT2D eigenvalue weighted by atomic mass is 32.2. The van der Waals surface area contributed by atoms with Gasteiger partial charge < -0.3 is 4.74 Å². The molecule has 3 aromatic rings. The molecule has 4 rings (SSSR count). The van der Waals surface area contributed by atoms with Gasteiger partial charge in [-0.25, -0.2) is 0 Å². The lowest BCUT2D eigenvalue weighted by molar-refractivity contribution is 0.250. The topological polar surface area (TPSA) is 63.6 Å². The molecule has 1 atom stereocenters. The van der Waals surface area contributed by atoms with Crippen LogP contribution in [0, 0.1) is 0 Å². The molecule has 0 bridgehead atoms. The lowest BCUT2D eigenvalue weighted by atomic mass is 9.91. The number of ether oxygens (including phenoxy) is 1. The Morgan fingerprint density at radius 2 is 1.58 bits per heavy atom. The number of hydrogen-bond donors (Lipinski definition) is 1. The molecule has 3 aromatic carbocycles. The highest BCUT2D eigenvalue weighted by Gasteiger charge is 2.33. The van der Waals surface area contributed by atoms with Crippen LogP contribution in [0.1, 0.15) is 17.2 Å². The molecular weight excluding hydrogens is 324 g/mol. The molecule has 1 aliphatic rings. The van der Waals surface area contributed by atoms with Crippen molar-refractivity contribution in [2.24, 2.45) is 0 Å². The van der Waals surface area contributed by atoms with Crippen molar-refractivity contribution in [3.8, 4) is 5.75 Å². The van der Waals surface area contributed by atoms with Crippen LogP contribution in [-0.4, -0.2) is 13.0 Å². The van der Waals surface area contributed by atoms with E-state index in [1.807, 2.05) is 54.6 Å². The van der Waals surface area contributed by atoms with Crippen LogP contribution < -0.4 is 4.74 Å². The second-order valence-corrected chi connectivity index (χ2v) is 7.05. The molecule has 0 amide bonds. The predicted molar refractivity (Wildman–Crippen MR) is 93.3 cm³/mol. The van der Waals surface area contributed by atoms with Gasteiger partial charge in [-0.1, -0.05) is 54.6 Å². The van der Waals surface area contributed by atoms with Crippen LogP contribution in [0.4, 0.5) is 0 Å². The first-order valence-corrected chi connectivity index (χ1v) is 8.90. The van der Waals surface area contributed by atoms with Crippen molar-refractivity contribution >= 4 is 27.0 Å². The standard InChI is InChI=1S/C19H14O4S/c20-24(21,22)17-12-14-8-4-6-13-7-5-11-16(18(13)14)19(17)23-15-9-2-1-3-10-15/h1-12,19H,(H,20,21,22). The van der Waals surface area contributed by atoms with Gasteiger partial charge in [0.05, 0.1) is 0 Å². The molecule has 0 aliphatic heterocycles. The molecule has 120 valence electrons. The zero-order valence-electron chi connectivity index (χ0n) is 12.6. The summed E-state index contributed by atoms with van der Waals surface area (Å²) in [4.78, 5) is -0.155. The minimum atomic E-state index is -4.40. The maximum Gasteiger partial charge on any atom is 0.294 e. The van der Waals surface area contributed by atoms with Gasteiger partial charge in [0.1, 0.15) is 10.7 Å². The van der Waals surface area contributed by atoms with E-state index < -0.39 is 16.2 Å². The smallest absolute Gasteiger partial charge is 0.294 e. The van der Waals surface area contributed by atoms with Crippen molar-refractivity contribution in [1.29, 1.82) is 0 Å². The van der Waals surface area contributed by atoms with Crippen molar-refractivity contribution in [3.05, 3.63) is 82.8 Å². The van der Waals surface area contributed by atoms with Crippen LogP contribution >= 0.6 is 0 Å². The highest BCUT2D eigenvalue weighted by molar-refractivity contribution is 7.90. The molecule has 1 N–H and O–H groups in total. The number of para-hydroxylation sites is 1. The molecule has 0 radical (unpaired) electrons. The predicted octanol–water partition coefficient (Wildman–Crippen LogP) is 4.20. The Bertz CT molecular complexity index is 1050. The Morgan fingerprint density at radius 3 is 2.29 bits per heavy atom. The summed E-state index contributed by atoms with van der Waals surface area (Å²) in [6.07, 6.45) is 0.596. The second kappa shape index (κ2) is 5.47. The van der Waals surface area contributed by atoms with Crippen molar-refractivity contribution < 1.29 is 17.7 Å². The molecule has 0 saturated carbocycles. The minimum absolute atomic E-state index is 0.155. The first kappa shape index (κ1) is 14.9. The number of rotatable bonds is 3. The normalized spacial score (nSPS) is 16.7. The zero-order valence-corrected chi connectivity index (χ0v) is 13.4. The lowest BCUT2D eigenvalue weighted by Crippen LogP contribution is -2.20. The van der Waals surface area contributed by atoms with E-state index in [9.17, 15) is 13.0 Å². The van der Waals surface area contributed by atoms with E-state index in [-0.39, 0.29) is 4.91 Å². The first-order chi connectivity index (χ1) is 11.5. The molecule has 24 heavy (non-hydrogen) atoms. The lowest BCUT2D eigenvalue weighted by Gasteiger charge is -2.26. The van der Waals surface area contributed by atoms with Gasteiger partial charge in [0.25, 0.3) is 10.1 Å². The van der Waals surface area contributed by atoms with E-state index in [0.717, 1.165) is 21.9 Å². The fourth-order valence-corrected chi connectivity index (χ4v) is 3.81. The molecule has 4 nitrogen and oxygen atoms in total. The van der Waals surface area contributed by atoms with Crippen LogP contribution in [0.5, 0.6) is 5.75 Å². The average molecular weight is 338 g/mol. The molecule has 0 saturated heterocycles. The largest absolute Gasteiger partial charge is 0.480 e. The van der Waals surface area contributed by atoms with Gasteiger partial charge in [0.15, 0.2) is 6.10 Å². The summed E-state index contributed by atoms with van der Waals surface area (Å²) in [7, 11) is -4.40. The molecule has 0 fully saturated rings. The third-order valence-electron chi connectivity index (χ3n) is 4.10. The fourth-order valence-electron chi connectivity index (χ4n) is 3.09. The van der Waals surface area contributed by atoms with Crippen molar-refractivity contribution in [2.45, 2.75) is 6.10 Å². The minimum Gasteiger partial charge on any atom is -0.480 e. The number of benzene rings is 3.